The normalized spacial score (nSPS) is 22.6. The Bertz CT molecular complexity index is 904. The Labute approximate surface area is 142 Å². The molecule has 2 atom stereocenters. The highest BCUT2D eigenvalue weighted by molar-refractivity contribution is 6.34. The minimum absolute atomic E-state index is 0.369. The van der Waals surface area contributed by atoms with E-state index < -0.39 is 17.9 Å². The Morgan fingerprint density at radius 2 is 2.04 bits per heavy atom. The number of aromatic nitrogens is 2. The molecule has 2 aromatic rings. The number of nitrogens with zero attached hydrogens (tertiary/aromatic N) is 4. The van der Waals surface area contributed by atoms with Gasteiger partial charge in [-0.3, -0.25) is 14.3 Å². The third-order valence-electron chi connectivity index (χ3n) is 4.17. The number of imide groups is 1. The van der Waals surface area contributed by atoms with Crippen LogP contribution in [0.4, 0.5) is 5.69 Å². The monoisotopic (exact) mass is 344 g/mol. The summed E-state index contributed by atoms with van der Waals surface area (Å²) < 4.78 is 1.64. The Kier molecular flexibility index (Phi) is 3.21. The molecule has 7 nitrogen and oxygen atoms in total. The Morgan fingerprint density at radius 1 is 1.25 bits per heavy atom. The van der Waals surface area contributed by atoms with E-state index in [0.717, 1.165) is 10.6 Å². The lowest BCUT2D eigenvalue weighted by atomic mass is 9.94. The van der Waals surface area contributed by atoms with Gasteiger partial charge in [-0.2, -0.15) is 5.10 Å². The summed E-state index contributed by atoms with van der Waals surface area (Å²) in [5.74, 6) is -1.57. The van der Waals surface area contributed by atoms with Gasteiger partial charge in [0.1, 0.15) is 11.6 Å². The number of benzene rings is 1. The van der Waals surface area contributed by atoms with Crippen LogP contribution in [0.3, 0.4) is 0 Å². The zero-order chi connectivity index (χ0) is 17.0. The fourth-order valence-corrected chi connectivity index (χ4v) is 3.31. The van der Waals surface area contributed by atoms with Gasteiger partial charge in [0, 0.05) is 23.8 Å². The average molecular weight is 345 g/mol. The molecule has 1 aromatic carbocycles. The van der Waals surface area contributed by atoms with E-state index in [0.29, 0.717) is 22.0 Å². The molecule has 2 aliphatic heterocycles. The molecular formula is C16H13ClN4O3. The summed E-state index contributed by atoms with van der Waals surface area (Å²) in [6, 6.07) is 6.60. The molecule has 0 aliphatic carbocycles. The van der Waals surface area contributed by atoms with Gasteiger partial charge in [-0.05, 0) is 25.1 Å². The van der Waals surface area contributed by atoms with Crippen LogP contribution in [0, 0.1) is 12.8 Å². The molecule has 0 unspecified atom stereocenters. The molecule has 0 spiro atoms. The standard InChI is InChI=1S/C16H13ClN4O3/c1-8-11(7-20(2)18-8)13-12-14(24-19-13)16(23)21(15(12)22)10-5-3-4-9(17)6-10/h3-7,12,14H,1-2H3/t12-,14-/m1/s1. The molecule has 24 heavy (non-hydrogen) atoms. The number of hydrogen-bond donors (Lipinski definition) is 0. The second kappa shape index (κ2) is 5.17. The summed E-state index contributed by atoms with van der Waals surface area (Å²) >= 11 is 5.97. The SMILES string of the molecule is Cc1nn(C)cc1C1=NO[C@H]2C(=O)N(c3cccc(Cl)c3)C(=O)[C@H]12. The van der Waals surface area contributed by atoms with E-state index in [9.17, 15) is 9.59 Å². The van der Waals surface area contributed by atoms with Crippen LogP contribution in [0.25, 0.3) is 0 Å². The molecule has 0 bridgehead atoms. The predicted octanol–water partition coefficient (Wildman–Crippen LogP) is 1.67. The predicted molar refractivity (Wildman–Crippen MR) is 86.8 cm³/mol. The van der Waals surface area contributed by atoms with Crippen molar-refractivity contribution in [1.29, 1.82) is 0 Å². The van der Waals surface area contributed by atoms with E-state index in [1.54, 1.807) is 42.2 Å². The van der Waals surface area contributed by atoms with Crippen molar-refractivity contribution in [2.24, 2.45) is 18.1 Å². The number of rotatable bonds is 2. The summed E-state index contributed by atoms with van der Waals surface area (Å²) in [4.78, 5) is 31.9. The number of fused-ring (bicyclic) bond motifs is 1. The first-order chi connectivity index (χ1) is 11.5. The second-order valence-electron chi connectivity index (χ2n) is 5.77. The van der Waals surface area contributed by atoms with E-state index in [2.05, 4.69) is 10.3 Å². The molecule has 2 amide bonds. The van der Waals surface area contributed by atoms with Crippen molar-refractivity contribution in [2.45, 2.75) is 13.0 Å². The van der Waals surface area contributed by atoms with Crippen LogP contribution in [0.1, 0.15) is 11.3 Å². The maximum absolute atomic E-state index is 12.9. The number of halogens is 1. The van der Waals surface area contributed by atoms with Crippen LogP contribution in [-0.2, 0) is 21.5 Å². The molecule has 0 radical (unpaired) electrons. The van der Waals surface area contributed by atoms with Gasteiger partial charge < -0.3 is 4.84 Å². The number of hydrogen-bond acceptors (Lipinski definition) is 5. The van der Waals surface area contributed by atoms with Gasteiger partial charge in [0.25, 0.3) is 5.91 Å². The third kappa shape index (κ3) is 2.05. The Balaban J connectivity index is 1.74. The first-order valence-electron chi connectivity index (χ1n) is 7.35. The maximum Gasteiger partial charge on any atom is 0.278 e. The number of carbonyl (C=O) groups is 2. The molecule has 8 heteroatoms. The van der Waals surface area contributed by atoms with Crippen molar-refractivity contribution < 1.29 is 14.4 Å². The summed E-state index contributed by atoms with van der Waals surface area (Å²) in [5, 5.41) is 8.68. The van der Waals surface area contributed by atoms with Crippen molar-refractivity contribution in [1.82, 2.24) is 9.78 Å². The van der Waals surface area contributed by atoms with E-state index >= 15 is 0 Å². The largest absolute Gasteiger partial charge is 0.381 e. The number of oxime groups is 1. The summed E-state index contributed by atoms with van der Waals surface area (Å²) in [6.45, 7) is 1.82. The smallest absolute Gasteiger partial charge is 0.278 e. The highest BCUT2D eigenvalue weighted by Crippen LogP contribution is 2.36. The van der Waals surface area contributed by atoms with Gasteiger partial charge in [0.15, 0.2) is 0 Å². The number of carbonyl (C=O) groups excluding carboxylic acids is 2. The summed E-state index contributed by atoms with van der Waals surface area (Å²) in [6.07, 6.45) is 0.825. The quantitative estimate of drug-likeness (QED) is 0.777. The van der Waals surface area contributed by atoms with Gasteiger partial charge in [0.05, 0.1) is 11.4 Å². The highest BCUT2D eigenvalue weighted by atomic mass is 35.5. The zero-order valence-corrected chi connectivity index (χ0v) is 13.7. The van der Waals surface area contributed by atoms with Crippen LogP contribution in [-0.4, -0.2) is 33.4 Å². The zero-order valence-electron chi connectivity index (χ0n) is 12.9. The molecule has 0 saturated carbocycles. The molecule has 122 valence electrons. The lowest BCUT2D eigenvalue weighted by molar-refractivity contribution is -0.126. The Morgan fingerprint density at radius 3 is 2.71 bits per heavy atom. The molecule has 1 saturated heterocycles. The van der Waals surface area contributed by atoms with Crippen LogP contribution < -0.4 is 4.90 Å². The fraction of sp³-hybridized carbons (Fsp3) is 0.250. The fourth-order valence-electron chi connectivity index (χ4n) is 3.12. The molecular weight excluding hydrogens is 332 g/mol. The number of aryl methyl sites for hydroxylation is 2. The first-order valence-corrected chi connectivity index (χ1v) is 7.73. The molecule has 4 rings (SSSR count). The molecule has 2 aliphatic rings. The van der Waals surface area contributed by atoms with Gasteiger partial charge in [-0.1, -0.05) is 22.8 Å². The van der Waals surface area contributed by atoms with Gasteiger partial charge in [0.2, 0.25) is 12.0 Å². The summed E-state index contributed by atoms with van der Waals surface area (Å²) in [5.41, 5.74) is 2.30. The Hall–Kier alpha value is -2.67. The van der Waals surface area contributed by atoms with Crippen molar-refractivity contribution in [3.05, 3.63) is 46.7 Å². The van der Waals surface area contributed by atoms with Crippen molar-refractivity contribution in [2.75, 3.05) is 4.90 Å². The van der Waals surface area contributed by atoms with Crippen LogP contribution in [0.15, 0.2) is 35.6 Å². The highest BCUT2D eigenvalue weighted by Gasteiger charge is 2.56. The van der Waals surface area contributed by atoms with Crippen molar-refractivity contribution in [3.63, 3.8) is 0 Å². The van der Waals surface area contributed by atoms with Crippen LogP contribution in [0.5, 0.6) is 0 Å². The number of amides is 2. The lowest BCUT2D eigenvalue weighted by Gasteiger charge is -2.15. The van der Waals surface area contributed by atoms with E-state index in [1.165, 1.54) is 0 Å². The number of anilines is 1. The van der Waals surface area contributed by atoms with Gasteiger partial charge >= 0.3 is 0 Å². The second-order valence-corrected chi connectivity index (χ2v) is 6.21. The van der Waals surface area contributed by atoms with Crippen molar-refractivity contribution >= 4 is 34.8 Å². The maximum atomic E-state index is 12.9. The van der Waals surface area contributed by atoms with E-state index in [4.69, 9.17) is 16.4 Å². The summed E-state index contributed by atoms with van der Waals surface area (Å²) in [7, 11) is 1.78. The minimum atomic E-state index is -0.939. The molecule has 1 aromatic heterocycles. The van der Waals surface area contributed by atoms with Crippen LogP contribution >= 0.6 is 11.6 Å². The molecule has 0 N–H and O–H groups in total. The van der Waals surface area contributed by atoms with E-state index in [-0.39, 0.29) is 5.91 Å². The first kappa shape index (κ1) is 14.9. The lowest BCUT2D eigenvalue weighted by Crippen LogP contribution is -2.33. The van der Waals surface area contributed by atoms with Crippen molar-refractivity contribution in [3.8, 4) is 0 Å². The van der Waals surface area contributed by atoms with Gasteiger partial charge in [-0.15, -0.1) is 0 Å². The molecule has 1 fully saturated rings. The molecule has 3 heterocycles. The van der Waals surface area contributed by atoms with E-state index in [1.807, 2.05) is 6.92 Å². The minimum Gasteiger partial charge on any atom is -0.381 e. The topological polar surface area (TPSA) is 76.8 Å². The van der Waals surface area contributed by atoms with Gasteiger partial charge in [-0.25, -0.2) is 4.90 Å². The van der Waals surface area contributed by atoms with Crippen LogP contribution in [0.2, 0.25) is 5.02 Å². The average Bonchev–Trinajstić information content (AvgIpc) is 3.16. The third-order valence-corrected chi connectivity index (χ3v) is 4.40.